The summed E-state index contributed by atoms with van der Waals surface area (Å²) in [4.78, 5) is 9.80. The highest BCUT2D eigenvalue weighted by molar-refractivity contribution is 5.28. The van der Waals surface area contributed by atoms with Crippen LogP contribution in [0.3, 0.4) is 0 Å². The first kappa shape index (κ1) is 16.4. The smallest absolute Gasteiger partial charge is 0.160 e. The highest BCUT2D eigenvalue weighted by Gasteiger charge is 2.39. The van der Waals surface area contributed by atoms with Crippen molar-refractivity contribution >= 4 is 0 Å². The second-order valence-electron chi connectivity index (χ2n) is 5.80. The SMILES string of the molecule is CCOC1(c2nc(CC)c(CCN)c(CC)n2)CCCC1. The molecule has 1 aromatic rings. The monoisotopic (exact) mass is 291 g/mol. The molecule has 2 N–H and O–H groups in total. The van der Waals surface area contributed by atoms with Crippen LogP contribution >= 0.6 is 0 Å². The fourth-order valence-electron chi connectivity index (χ4n) is 3.46. The number of aromatic nitrogens is 2. The normalized spacial score (nSPS) is 17.3. The highest BCUT2D eigenvalue weighted by atomic mass is 16.5. The molecule has 0 bridgehead atoms. The minimum Gasteiger partial charge on any atom is -0.367 e. The first-order chi connectivity index (χ1) is 10.2. The van der Waals surface area contributed by atoms with E-state index in [1.165, 1.54) is 18.4 Å². The molecule has 0 saturated heterocycles. The van der Waals surface area contributed by atoms with Crippen LogP contribution in [0.15, 0.2) is 0 Å². The van der Waals surface area contributed by atoms with E-state index in [0.717, 1.165) is 55.9 Å². The Hall–Kier alpha value is -1.00. The van der Waals surface area contributed by atoms with Gasteiger partial charge in [0, 0.05) is 18.0 Å². The Morgan fingerprint density at radius 3 is 2.05 bits per heavy atom. The Morgan fingerprint density at radius 2 is 1.62 bits per heavy atom. The van der Waals surface area contributed by atoms with Gasteiger partial charge in [-0.15, -0.1) is 0 Å². The van der Waals surface area contributed by atoms with Crippen LogP contribution in [0.1, 0.15) is 69.2 Å². The number of rotatable bonds is 7. The largest absolute Gasteiger partial charge is 0.367 e. The molecular formula is C17H29N3O. The molecule has 1 aliphatic carbocycles. The standard InChI is InChI=1S/C17H29N3O/c1-4-14-13(9-12-18)15(5-2)20-16(19-14)17(21-6-3)10-7-8-11-17/h4-12,18H2,1-3H3. The molecule has 1 aromatic heterocycles. The summed E-state index contributed by atoms with van der Waals surface area (Å²) in [7, 11) is 0. The van der Waals surface area contributed by atoms with Crippen molar-refractivity contribution in [3.63, 3.8) is 0 Å². The summed E-state index contributed by atoms with van der Waals surface area (Å²) in [6.45, 7) is 7.75. The summed E-state index contributed by atoms with van der Waals surface area (Å²) in [5.74, 6) is 0.913. The fourth-order valence-corrected chi connectivity index (χ4v) is 3.46. The summed E-state index contributed by atoms with van der Waals surface area (Å²) in [5, 5.41) is 0. The van der Waals surface area contributed by atoms with E-state index >= 15 is 0 Å². The van der Waals surface area contributed by atoms with Gasteiger partial charge in [0.2, 0.25) is 0 Å². The molecule has 1 fully saturated rings. The number of aryl methyl sites for hydroxylation is 2. The zero-order valence-corrected chi connectivity index (χ0v) is 13.7. The third-order valence-electron chi connectivity index (χ3n) is 4.48. The van der Waals surface area contributed by atoms with Crippen LogP contribution < -0.4 is 5.73 Å². The van der Waals surface area contributed by atoms with Crippen LogP contribution in [0.5, 0.6) is 0 Å². The maximum Gasteiger partial charge on any atom is 0.160 e. The zero-order chi connectivity index (χ0) is 15.3. The Morgan fingerprint density at radius 1 is 1.05 bits per heavy atom. The zero-order valence-electron chi connectivity index (χ0n) is 13.7. The second kappa shape index (κ2) is 7.32. The molecule has 1 saturated carbocycles. The molecule has 0 spiro atoms. The van der Waals surface area contributed by atoms with Crippen molar-refractivity contribution in [2.75, 3.05) is 13.2 Å². The predicted molar refractivity (Wildman–Crippen MR) is 85.3 cm³/mol. The molecule has 0 radical (unpaired) electrons. The van der Waals surface area contributed by atoms with E-state index in [0.29, 0.717) is 6.54 Å². The molecule has 4 nitrogen and oxygen atoms in total. The molecule has 21 heavy (non-hydrogen) atoms. The van der Waals surface area contributed by atoms with E-state index in [4.69, 9.17) is 20.4 Å². The fraction of sp³-hybridized carbons (Fsp3) is 0.765. The van der Waals surface area contributed by atoms with Gasteiger partial charge >= 0.3 is 0 Å². The van der Waals surface area contributed by atoms with E-state index in [1.807, 2.05) is 0 Å². The van der Waals surface area contributed by atoms with E-state index in [1.54, 1.807) is 0 Å². The first-order valence-corrected chi connectivity index (χ1v) is 8.43. The van der Waals surface area contributed by atoms with Crippen molar-refractivity contribution in [3.05, 3.63) is 22.8 Å². The molecule has 2 rings (SSSR count). The summed E-state index contributed by atoms with van der Waals surface area (Å²) < 4.78 is 6.13. The Balaban J connectivity index is 2.48. The van der Waals surface area contributed by atoms with Gasteiger partial charge < -0.3 is 10.5 Å². The van der Waals surface area contributed by atoms with Gasteiger partial charge in [0.25, 0.3) is 0 Å². The van der Waals surface area contributed by atoms with Crippen molar-refractivity contribution in [2.45, 2.75) is 71.3 Å². The van der Waals surface area contributed by atoms with E-state index in [-0.39, 0.29) is 5.60 Å². The van der Waals surface area contributed by atoms with Crippen LogP contribution in [0.4, 0.5) is 0 Å². The lowest BCUT2D eigenvalue weighted by molar-refractivity contribution is -0.0460. The van der Waals surface area contributed by atoms with Crippen molar-refractivity contribution in [1.82, 2.24) is 9.97 Å². The van der Waals surface area contributed by atoms with Crippen LogP contribution in [-0.2, 0) is 29.6 Å². The van der Waals surface area contributed by atoms with Crippen molar-refractivity contribution in [2.24, 2.45) is 5.73 Å². The number of hydrogen-bond acceptors (Lipinski definition) is 4. The molecule has 118 valence electrons. The summed E-state index contributed by atoms with van der Waals surface area (Å²) in [6.07, 6.45) is 7.23. The Bertz CT molecular complexity index is 442. The third kappa shape index (κ3) is 3.27. The van der Waals surface area contributed by atoms with E-state index in [9.17, 15) is 0 Å². The summed E-state index contributed by atoms with van der Waals surface area (Å²) >= 11 is 0. The number of hydrogen-bond donors (Lipinski definition) is 1. The molecule has 4 heteroatoms. The van der Waals surface area contributed by atoms with E-state index in [2.05, 4.69) is 20.8 Å². The molecule has 1 aliphatic rings. The van der Waals surface area contributed by atoms with Gasteiger partial charge in [0.05, 0.1) is 0 Å². The quantitative estimate of drug-likeness (QED) is 0.839. The van der Waals surface area contributed by atoms with Crippen molar-refractivity contribution in [1.29, 1.82) is 0 Å². The minimum absolute atomic E-state index is 0.246. The van der Waals surface area contributed by atoms with Crippen molar-refractivity contribution < 1.29 is 4.74 Å². The molecule has 0 atom stereocenters. The first-order valence-electron chi connectivity index (χ1n) is 8.43. The van der Waals surface area contributed by atoms with Gasteiger partial charge in [-0.2, -0.15) is 0 Å². The summed E-state index contributed by atoms with van der Waals surface area (Å²) in [6, 6.07) is 0. The number of nitrogens with two attached hydrogens (primary N) is 1. The van der Waals surface area contributed by atoms with Gasteiger partial charge in [-0.3, -0.25) is 0 Å². The van der Waals surface area contributed by atoms with E-state index < -0.39 is 0 Å². The highest BCUT2D eigenvalue weighted by Crippen LogP contribution is 2.41. The van der Waals surface area contributed by atoms with Crippen LogP contribution in [0, 0.1) is 0 Å². The predicted octanol–water partition coefficient (Wildman–Crippen LogP) is 2.91. The van der Waals surface area contributed by atoms with Gasteiger partial charge in [-0.05, 0) is 64.0 Å². The van der Waals surface area contributed by atoms with Gasteiger partial charge in [-0.1, -0.05) is 13.8 Å². The molecule has 0 aliphatic heterocycles. The third-order valence-corrected chi connectivity index (χ3v) is 4.48. The summed E-state index contributed by atoms with van der Waals surface area (Å²) in [5.41, 5.74) is 9.10. The van der Waals surface area contributed by atoms with Gasteiger partial charge in [0.1, 0.15) is 5.60 Å². The molecule has 0 amide bonds. The average Bonchev–Trinajstić information content (AvgIpc) is 2.97. The molecule has 1 heterocycles. The van der Waals surface area contributed by atoms with Crippen LogP contribution in [-0.4, -0.2) is 23.1 Å². The average molecular weight is 291 g/mol. The number of ether oxygens (including phenoxy) is 1. The Labute approximate surface area is 128 Å². The molecule has 0 aromatic carbocycles. The van der Waals surface area contributed by atoms with Crippen LogP contribution in [0.2, 0.25) is 0 Å². The van der Waals surface area contributed by atoms with Gasteiger partial charge in [-0.25, -0.2) is 9.97 Å². The minimum atomic E-state index is -0.246. The number of nitrogens with zero attached hydrogens (tertiary/aromatic N) is 2. The lowest BCUT2D eigenvalue weighted by Crippen LogP contribution is -2.30. The van der Waals surface area contributed by atoms with Crippen LogP contribution in [0.25, 0.3) is 0 Å². The second-order valence-corrected chi connectivity index (χ2v) is 5.80. The lowest BCUT2D eigenvalue weighted by Gasteiger charge is -2.28. The lowest BCUT2D eigenvalue weighted by atomic mass is 9.98. The van der Waals surface area contributed by atoms with Gasteiger partial charge in [0.15, 0.2) is 5.82 Å². The molecule has 0 unspecified atom stereocenters. The Kier molecular flexibility index (Phi) is 5.71. The topological polar surface area (TPSA) is 61.0 Å². The maximum atomic E-state index is 6.13. The molecular weight excluding hydrogens is 262 g/mol. The maximum absolute atomic E-state index is 6.13. The van der Waals surface area contributed by atoms with Crippen molar-refractivity contribution in [3.8, 4) is 0 Å².